The highest BCUT2D eigenvalue weighted by Crippen LogP contribution is 2.42. The van der Waals surface area contributed by atoms with Crippen LogP contribution < -0.4 is 4.74 Å². The summed E-state index contributed by atoms with van der Waals surface area (Å²) in [5.41, 5.74) is 0.444. The number of ether oxygens (including phenoxy) is 2. The lowest BCUT2D eigenvalue weighted by Crippen LogP contribution is -2.32. The number of imidazole rings is 1. The molecule has 270 valence electrons. The fraction of sp³-hybridized carbons (Fsp3) is 0.250. The van der Waals surface area contributed by atoms with Crippen LogP contribution in [0.5, 0.6) is 5.75 Å². The van der Waals surface area contributed by atoms with Gasteiger partial charge in [0.05, 0.1) is 47.8 Å². The first kappa shape index (κ1) is 35.9. The predicted octanol–water partition coefficient (Wildman–Crippen LogP) is 8.44. The van der Waals surface area contributed by atoms with Gasteiger partial charge in [0.15, 0.2) is 0 Å². The Labute approximate surface area is 292 Å². The van der Waals surface area contributed by atoms with Crippen molar-refractivity contribution in [1.82, 2.24) is 24.4 Å². The molecule has 0 saturated carbocycles. The largest absolute Gasteiger partial charge is 0.496 e. The molecule has 1 saturated heterocycles. The molecule has 3 aromatic carbocycles. The van der Waals surface area contributed by atoms with Crippen molar-refractivity contribution < 1.29 is 50.5 Å². The molecule has 2 aromatic heterocycles. The van der Waals surface area contributed by atoms with Gasteiger partial charge in [0.1, 0.15) is 18.2 Å². The van der Waals surface area contributed by atoms with Gasteiger partial charge < -0.3 is 14.6 Å². The third-order valence-corrected chi connectivity index (χ3v) is 8.72. The van der Waals surface area contributed by atoms with Gasteiger partial charge in [0, 0.05) is 23.5 Å². The number of rotatable bonds is 8. The number of methoxy groups -OCH3 is 1. The van der Waals surface area contributed by atoms with Gasteiger partial charge in [-0.05, 0) is 85.5 Å². The second kappa shape index (κ2) is 13.3. The molecule has 0 bridgehead atoms. The van der Waals surface area contributed by atoms with E-state index in [0.717, 1.165) is 10.5 Å². The minimum absolute atomic E-state index is 0.0126. The quantitative estimate of drug-likeness (QED) is 0.158. The number of carboxylic acids is 1. The Kier molecular flexibility index (Phi) is 9.19. The molecule has 3 heterocycles. The minimum atomic E-state index is -5.09. The number of carboxylic acid groups (broad SMARTS) is 1. The molecule has 1 N–H and O–H groups in total. The number of carbonyl (C=O) groups excluding carboxylic acids is 1. The number of aryl methyl sites for hydroxylation is 2. The number of aromatic nitrogens is 4. The van der Waals surface area contributed by atoms with Crippen LogP contribution in [-0.4, -0.2) is 54.7 Å². The number of cyclic esters (lactones) is 1. The highest BCUT2D eigenvalue weighted by molar-refractivity contribution is 5.89. The van der Waals surface area contributed by atoms with Crippen LogP contribution in [-0.2, 0) is 23.6 Å². The molecule has 1 amide bonds. The number of nitrogens with zero attached hydrogens (tertiary/aromatic N) is 5. The van der Waals surface area contributed by atoms with E-state index in [1.165, 1.54) is 38.7 Å². The van der Waals surface area contributed by atoms with Crippen LogP contribution in [0.4, 0.5) is 31.1 Å². The van der Waals surface area contributed by atoms with E-state index in [4.69, 9.17) is 14.5 Å². The first-order valence-electron chi connectivity index (χ1n) is 15.6. The van der Waals surface area contributed by atoms with Gasteiger partial charge in [-0.15, -0.1) is 0 Å². The molecule has 10 nitrogen and oxygen atoms in total. The van der Waals surface area contributed by atoms with Crippen LogP contribution >= 0.6 is 0 Å². The summed E-state index contributed by atoms with van der Waals surface area (Å²) in [6, 6.07) is 10.0. The molecule has 52 heavy (non-hydrogen) atoms. The van der Waals surface area contributed by atoms with Gasteiger partial charge >= 0.3 is 24.4 Å². The molecular weight excluding hydrogens is 696 g/mol. The van der Waals surface area contributed by atoms with Crippen LogP contribution in [0.25, 0.3) is 28.2 Å². The van der Waals surface area contributed by atoms with E-state index in [1.54, 1.807) is 48.9 Å². The molecule has 6 rings (SSSR count). The fourth-order valence-corrected chi connectivity index (χ4v) is 6.08. The smallest absolute Gasteiger partial charge is 0.416 e. The molecule has 2 unspecified atom stereocenters. The Hall–Kier alpha value is -5.93. The zero-order valence-electron chi connectivity index (χ0n) is 27.9. The van der Waals surface area contributed by atoms with Crippen LogP contribution in [0, 0.1) is 13.8 Å². The second-order valence-electron chi connectivity index (χ2n) is 12.2. The monoisotopic (exact) mass is 725 g/mol. The lowest BCUT2D eigenvalue weighted by atomic mass is 9.94. The normalized spacial score (nSPS) is 16.3. The molecule has 16 heteroatoms. The summed E-state index contributed by atoms with van der Waals surface area (Å²) >= 11 is 0. The number of carbonyl (C=O) groups is 2. The lowest BCUT2D eigenvalue weighted by Gasteiger charge is -2.23. The van der Waals surface area contributed by atoms with Crippen molar-refractivity contribution in [1.29, 1.82) is 0 Å². The van der Waals surface area contributed by atoms with Crippen LogP contribution in [0.3, 0.4) is 0 Å². The van der Waals surface area contributed by atoms with Crippen LogP contribution in [0.2, 0.25) is 0 Å². The van der Waals surface area contributed by atoms with Crippen molar-refractivity contribution >= 4 is 12.1 Å². The van der Waals surface area contributed by atoms with Crippen molar-refractivity contribution in [3.05, 3.63) is 113 Å². The average Bonchev–Trinajstić information content (AvgIpc) is 3.65. The van der Waals surface area contributed by atoms with Gasteiger partial charge in [-0.25, -0.2) is 24.5 Å². The summed E-state index contributed by atoms with van der Waals surface area (Å²) in [5.74, 6) is -0.525. The maximum Gasteiger partial charge on any atom is 0.416 e. The summed E-state index contributed by atoms with van der Waals surface area (Å²) in [6.07, 6.45) is -8.00. The molecule has 5 aromatic rings. The highest BCUT2D eigenvalue weighted by Gasteiger charge is 2.43. The number of amides is 1. The minimum Gasteiger partial charge on any atom is -0.496 e. The van der Waals surface area contributed by atoms with E-state index in [0.29, 0.717) is 45.8 Å². The summed E-state index contributed by atoms with van der Waals surface area (Å²) in [4.78, 5) is 39.5. The number of hydrogen-bond donors (Lipinski definition) is 1. The molecule has 2 atom stereocenters. The van der Waals surface area contributed by atoms with E-state index in [2.05, 4.69) is 9.97 Å². The van der Waals surface area contributed by atoms with Crippen molar-refractivity contribution in [2.75, 3.05) is 7.11 Å². The number of benzene rings is 3. The van der Waals surface area contributed by atoms with E-state index in [-0.39, 0.29) is 29.8 Å². The van der Waals surface area contributed by atoms with E-state index < -0.39 is 53.3 Å². The maximum atomic E-state index is 13.7. The Morgan fingerprint density at radius 2 is 1.62 bits per heavy atom. The van der Waals surface area contributed by atoms with Crippen molar-refractivity contribution in [3.63, 3.8) is 0 Å². The first-order chi connectivity index (χ1) is 24.4. The summed E-state index contributed by atoms with van der Waals surface area (Å²) < 4.78 is 94.7. The van der Waals surface area contributed by atoms with Crippen LogP contribution in [0.1, 0.15) is 57.0 Å². The van der Waals surface area contributed by atoms with Crippen molar-refractivity contribution in [3.8, 4) is 34.0 Å². The van der Waals surface area contributed by atoms with Gasteiger partial charge in [-0.3, -0.25) is 9.47 Å². The van der Waals surface area contributed by atoms with Crippen molar-refractivity contribution in [2.24, 2.45) is 0 Å². The zero-order chi connectivity index (χ0) is 37.7. The summed E-state index contributed by atoms with van der Waals surface area (Å²) in [6.45, 7) is 4.68. The predicted molar refractivity (Wildman–Crippen MR) is 174 cm³/mol. The van der Waals surface area contributed by atoms with E-state index in [9.17, 15) is 41.0 Å². The Morgan fingerprint density at radius 3 is 2.19 bits per heavy atom. The van der Waals surface area contributed by atoms with Gasteiger partial charge in [-0.2, -0.15) is 26.3 Å². The molecule has 0 radical (unpaired) electrons. The van der Waals surface area contributed by atoms with E-state index in [1.807, 2.05) is 0 Å². The molecular formula is C36H29F6N5O5. The van der Waals surface area contributed by atoms with E-state index >= 15 is 0 Å². The molecule has 1 fully saturated rings. The van der Waals surface area contributed by atoms with Gasteiger partial charge in [-0.1, -0.05) is 12.1 Å². The summed E-state index contributed by atoms with van der Waals surface area (Å²) in [7, 11) is 1.45. The highest BCUT2D eigenvalue weighted by atomic mass is 19.4. The first-order valence-corrected chi connectivity index (χ1v) is 15.6. The molecule has 1 aliphatic rings. The topological polar surface area (TPSA) is 120 Å². The summed E-state index contributed by atoms with van der Waals surface area (Å²) in [5, 5.41) is 9.43. The number of aromatic carboxylic acids is 1. The Morgan fingerprint density at radius 1 is 0.923 bits per heavy atom. The molecule has 0 spiro atoms. The number of hydrogen-bond acceptors (Lipinski definition) is 7. The zero-order valence-corrected chi connectivity index (χ0v) is 27.9. The van der Waals surface area contributed by atoms with Gasteiger partial charge in [0.25, 0.3) is 0 Å². The fourth-order valence-electron chi connectivity index (χ4n) is 6.08. The average molecular weight is 726 g/mol. The SMILES string of the molecule is COc1ccc(-c2ccc(C(=O)O)cc2C)cc1-c1cnc(-n2cnc(C)c2)nc1CN1C(=O)OC(c2cc(C(F)(F)F)cc(C(F)(F)F)c2)C1C. The third-order valence-electron chi connectivity index (χ3n) is 8.72. The van der Waals surface area contributed by atoms with Crippen LogP contribution in [0.15, 0.2) is 73.3 Å². The number of alkyl halides is 6. The Balaban J connectivity index is 1.44. The van der Waals surface area contributed by atoms with Gasteiger partial charge in [0.2, 0.25) is 5.95 Å². The standard InChI is InChI=1S/C36H29F6N5O5/c1-18-9-22(32(48)49)5-7-26(18)21-6-8-30(51-4)27(12-21)28-14-43-33(46-15-19(2)44-17-46)45-29(28)16-47-20(3)31(52-34(47)50)23-10-24(35(37,38)39)13-25(11-23)36(40,41)42/h5-15,17,20,31H,16H2,1-4H3,(H,48,49). The Bertz CT molecular complexity index is 2170. The molecule has 0 aliphatic carbocycles. The third kappa shape index (κ3) is 7.00. The maximum absolute atomic E-state index is 13.7. The molecule has 1 aliphatic heterocycles. The second-order valence-corrected chi connectivity index (χ2v) is 12.2. The number of halogens is 6. The lowest BCUT2D eigenvalue weighted by molar-refractivity contribution is -0.143. The van der Waals surface area contributed by atoms with Crippen molar-refractivity contribution in [2.45, 2.75) is 51.8 Å².